The molecule has 0 radical (unpaired) electrons. The fourth-order valence-electron chi connectivity index (χ4n) is 6.84. The van der Waals surface area contributed by atoms with Crippen LogP contribution in [0, 0.1) is 5.82 Å². The largest absolute Gasteiger partial charge is 0.461 e. The number of nitrogens with zero attached hydrogens (tertiary/aromatic N) is 1. The number of ether oxygens (including phenoxy) is 1. The number of nitrogens with one attached hydrogen (secondary N) is 1. The van der Waals surface area contributed by atoms with Gasteiger partial charge >= 0.3 is 5.97 Å². The van der Waals surface area contributed by atoms with Gasteiger partial charge < -0.3 is 10.1 Å². The van der Waals surface area contributed by atoms with Crippen molar-refractivity contribution in [3.63, 3.8) is 0 Å². The molecule has 240 valence electrons. The molecular formula is C36H40Cl3FN2O3. The smallest absolute Gasteiger partial charge is 0.320 e. The molecular weight excluding hydrogens is 634 g/mol. The van der Waals surface area contributed by atoms with E-state index in [1.807, 2.05) is 13.8 Å². The van der Waals surface area contributed by atoms with Gasteiger partial charge in [-0.1, -0.05) is 60.8 Å². The number of anilines is 2. The highest BCUT2D eigenvalue weighted by atomic mass is 35.5. The topological polar surface area (TPSA) is 58.6 Å². The van der Waals surface area contributed by atoms with Gasteiger partial charge in [0.05, 0.1) is 33.0 Å². The number of halogens is 4. The zero-order valence-electron chi connectivity index (χ0n) is 25.8. The summed E-state index contributed by atoms with van der Waals surface area (Å²) in [5.74, 6) is -0.440. The minimum atomic E-state index is -0.406. The fraction of sp³-hybridized carbons (Fsp3) is 0.444. The van der Waals surface area contributed by atoms with E-state index in [1.54, 1.807) is 29.2 Å². The van der Waals surface area contributed by atoms with Crippen LogP contribution >= 0.6 is 34.8 Å². The molecule has 3 aliphatic rings. The number of fused-ring (bicyclic) bond motifs is 1. The normalized spacial score (nSPS) is 20.0. The van der Waals surface area contributed by atoms with Crippen LogP contribution in [0.25, 0.3) is 11.1 Å². The van der Waals surface area contributed by atoms with Crippen LogP contribution in [0.2, 0.25) is 15.1 Å². The van der Waals surface area contributed by atoms with E-state index in [2.05, 4.69) is 17.4 Å². The van der Waals surface area contributed by atoms with Crippen molar-refractivity contribution < 1.29 is 18.7 Å². The molecule has 0 aromatic heterocycles. The molecule has 9 heteroatoms. The van der Waals surface area contributed by atoms with Gasteiger partial charge in [0.1, 0.15) is 11.9 Å². The quantitative estimate of drug-likeness (QED) is 0.254. The molecule has 45 heavy (non-hydrogen) atoms. The van der Waals surface area contributed by atoms with Gasteiger partial charge in [-0.05, 0) is 117 Å². The summed E-state index contributed by atoms with van der Waals surface area (Å²) in [6, 6.07) is 14.1. The molecule has 5 nitrogen and oxygen atoms in total. The monoisotopic (exact) mass is 672 g/mol. The second-order valence-corrected chi connectivity index (χ2v) is 13.0. The van der Waals surface area contributed by atoms with Crippen molar-refractivity contribution in [3.05, 3.63) is 80.5 Å². The number of carbonyl (C=O) groups is 2. The Bertz CT molecular complexity index is 1510. The van der Waals surface area contributed by atoms with Crippen LogP contribution in [0.4, 0.5) is 15.8 Å². The van der Waals surface area contributed by atoms with Gasteiger partial charge in [-0.25, -0.2) is 4.39 Å². The standard InChI is InChI=1S/C34H34Cl3FN2O3.C2H6/c35-28-6-3-7-29(36)34(28)40-31-17-21(16-27(26(31)14-15-32(40)41)25-13-10-22(38)18-30(25)37)20-8-11-23(12-9-20)39-19-33(42)43-24-4-1-2-5-24;1-2/h3,6-7,10,13,16-18,20,23-24,39H,1-2,4-5,8-9,11-12,14-15,19H2;1-2H3. The number of rotatable bonds is 7. The molecule has 0 bridgehead atoms. The molecule has 1 N–H and O–H groups in total. The lowest BCUT2D eigenvalue weighted by Gasteiger charge is -2.35. The Hall–Kier alpha value is -2.64. The van der Waals surface area contributed by atoms with Gasteiger partial charge in [-0.15, -0.1) is 0 Å². The highest BCUT2D eigenvalue weighted by Crippen LogP contribution is 2.48. The summed E-state index contributed by atoms with van der Waals surface area (Å²) in [7, 11) is 0. The summed E-state index contributed by atoms with van der Waals surface area (Å²) in [5, 5.41) is 4.50. The Morgan fingerprint density at radius 2 is 1.58 bits per heavy atom. The van der Waals surface area contributed by atoms with E-state index in [-0.39, 0.29) is 42.9 Å². The molecule has 0 unspecified atom stereocenters. The second kappa shape index (κ2) is 15.3. The van der Waals surface area contributed by atoms with Crippen LogP contribution in [0.5, 0.6) is 0 Å². The number of carbonyl (C=O) groups excluding carboxylic acids is 2. The van der Waals surface area contributed by atoms with E-state index in [0.29, 0.717) is 27.2 Å². The van der Waals surface area contributed by atoms with Gasteiger partial charge in [0, 0.05) is 18.0 Å². The maximum atomic E-state index is 14.0. The predicted octanol–water partition coefficient (Wildman–Crippen LogP) is 10.2. The summed E-state index contributed by atoms with van der Waals surface area (Å²) in [4.78, 5) is 27.4. The van der Waals surface area contributed by atoms with Crippen LogP contribution in [-0.4, -0.2) is 30.6 Å². The Labute approximate surface area is 280 Å². The van der Waals surface area contributed by atoms with Crippen molar-refractivity contribution in [3.8, 4) is 11.1 Å². The lowest BCUT2D eigenvalue weighted by atomic mass is 9.79. The first kappa shape index (κ1) is 33.7. The molecule has 2 fully saturated rings. The van der Waals surface area contributed by atoms with Gasteiger partial charge in [0.25, 0.3) is 0 Å². The van der Waals surface area contributed by atoms with Crippen molar-refractivity contribution in [2.24, 2.45) is 0 Å². The number of hydrogen-bond acceptors (Lipinski definition) is 4. The third-order valence-corrected chi connectivity index (χ3v) is 9.97. The average molecular weight is 674 g/mol. The lowest BCUT2D eigenvalue weighted by Crippen LogP contribution is -2.37. The minimum Gasteiger partial charge on any atom is -0.461 e. The van der Waals surface area contributed by atoms with Gasteiger partial charge in [0.15, 0.2) is 0 Å². The zero-order chi connectivity index (χ0) is 32.1. The third kappa shape index (κ3) is 7.68. The molecule has 3 aromatic carbocycles. The number of para-hydroxylation sites is 1. The van der Waals surface area contributed by atoms with Crippen molar-refractivity contribution in [2.75, 3.05) is 11.4 Å². The number of amides is 1. The number of hydrogen-bond donors (Lipinski definition) is 1. The van der Waals surface area contributed by atoms with Crippen LogP contribution in [-0.2, 0) is 20.7 Å². The Balaban J connectivity index is 0.00000196. The molecule has 1 aliphatic heterocycles. The van der Waals surface area contributed by atoms with Crippen molar-refractivity contribution >= 4 is 58.1 Å². The molecule has 2 aliphatic carbocycles. The molecule has 3 aromatic rings. The summed E-state index contributed by atoms with van der Waals surface area (Å²) >= 11 is 19.8. The van der Waals surface area contributed by atoms with Crippen molar-refractivity contribution in [2.45, 2.75) is 96.1 Å². The highest BCUT2D eigenvalue weighted by Gasteiger charge is 2.33. The van der Waals surface area contributed by atoms with Gasteiger partial charge in [0.2, 0.25) is 5.91 Å². The first-order valence-electron chi connectivity index (χ1n) is 16.1. The predicted molar refractivity (Wildman–Crippen MR) is 181 cm³/mol. The average Bonchev–Trinajstić information content (AvgIpc) is 3.55. The number of esters is 1. The molecule has 1 amide bonds. The summed E-state index contributed by atoms with van der Waals surface area (Å²) in [6.45, 7) is 4.23. The van der Waals surface area contributed by atoms with E-state index < -0.39 is 5.82 Å². The Morgan fingerprint density at radius 1 is 0.889 bits per heavy atom. The van der Waals surface area contributed by atoms with Gasteiger partial charge in [-0.2, -0.15) is 0 Å². The molecule has 0 saturated heterocycles. The highest BCUT2D eigenvalue weighted by molar-refractivity contribution is 6.40. The summed E-state index contributed by atoms with van der Waals surface area (Å²) < 4.78 is 19.6. The van der Waals surface area contributed by atoms with E-state index in [9.17, 15) is 14.0 Å². The summed E-state index contributed by atoms with van der Waals surface area (Å²) in [6.07, 6.45) is 8.69. The van der Waals surface area contributed by atoms with Crippen LogP contribution < -0.4 is 10.2 Å². The molecule has 1 heterocycles. The fourth-order valence-corrected chi connectivity index (χ4v) is 7.68. The first-order chi connectivity index (χ1) is 21.8. The molecule has 2 saturated carbocycles. The second-order valence-electron chi connectivity index (χ2n) is 11.8. The third-order valence-electron chi connectivity index (χ3n) is 9.04. The van der Waals surface area contributed by atoms with E-state index in [4.69, 9.17) is 39.5 Å². The van der Waals surface area contributed by atoms with E-state index in [0.717, 1.165) is 79.3 Å². The van der Waals surface area contributed by atoms with Crippen molar-refractivity contribution in [1.29, 1.82) is 0 Å². The Morgan fingerprint density at radius 3 is 2.24 bits per heavy atom. The van der Waals surface area contributed by atoms with Gasteiger partial charge in [-0.3, -0.25) is 14.5 Å². The van der Waals surface area contributed by atoms with Crippen LogP contribution in [0.15, 0.2) is 48.5 Å². The maximum Gasteiger partial charge on any atom is 0.320 e. The first-order valence-corrected chi connectivity index (χ1v) is 17.2. The lowest BCUT2D eigenvalue weighted by molar-refractivity contribution is -0.147. The SMILES string of the molecule is CC.O=C(CNC1CCC(c2cc(-c3ccc(F)cc3Cl)c3c(c2)N(c2c(Cl)cccc2Cl)C(=O)CC3)CC1)OC1CCCC1. The van der Waals surface area contributed by atoms with Crippen LogP contribution in [0.1, 0.15) is 88.7 Å². The zero-order valence-corrected chi connectivity index (χ0v) is 28.1. The van der Waals surface area contributed by atoms with Crippen molar-refractivity contribution in [1.82, 2.24) is 5.32 Å². The Kier molecular flexibility index (Phi) is 11.5. The van der Waals surface area contributed by atoms with E-state index >= 15 is 0 Å². The minimum absolute atomic E-state index is 0.0740. The van der Waals surface area contributed by atoms with E-state index in [1.165, 1.54) is 12.1 Å². The number of benzene rings is 3. The molecule has 6 rings (SSSR count). The van der Waals surface area contributed by atoms with Crippen LogP contribution in [0.3, 0.4) is 0 Å². The molecule has 0 atom stereocenters. The summed E-state index contributed by atoms with van der Waals surface area (Å²) in [5.41, 5.74) is 4.82. The molecule has 0 spiro atoms. The maximum absolute atomic E-state index is 14.0.